The zero-order valence-electron chi connectivity index (χ0n) is 10.2. The SMILES string of the molecule is Cc1ccc(CCN(C)C(=O)C2(C#N)CC2)o1. The van der Waals surface area contributed by atoms with Crippen LogP contribution in [0.25, 0.3) is 0 Å². The van der Waals surface area contributed by atoms with Crippen molar-refractivity contribution in [2.75, 3.05) is 13.6 Å². The lowest BCUT2D eigenvalue weighted by molar-refractivity contribution is -0.133. The van der Waals surface area contributed by atoms with Crippen LogP contribution in [0.4, 0.5) is 0 Å². The molecule has 0 atom stereocenters. The number of likely N-dealkylation sites (N-methyl/N-ethyl adjacent to an activating group) is 1. The highest BCUT2D eigenvalue weighted by atomic mass is 16.3. The van der Waals surface area contributed by atoms with Crippen molar-refractivity contribution >= 4 is 5.91 Å². The van der Waals surface area contributed by atoms with Gasteiger partial charge in [-0.05, 0) is 31.9 Å². The summed E-state index contributed by atoms with van der Waals surface area (Å²) in [5.41, 5.74) is -0.714. The number of carbonyl (C=O) groups excluding carboxylic acids is 1. The fourth-order valence-electron chi connectivity index (χ4n) is 1.86. The first kappa shape index (κ1) is 11.7. The molecule has 0 aromatic carbocycles. The molecule has 0 bridgehead atoms. The number of nitrogens with zero attached hydrogens (tertiary/aromatic N) is 2. The van der Waals surface area contributed by atoms with Gasteiger partial charge in [0.25, 0.3) is 0 Å². The minimum absolute atomic E-state index is 0.0525. The molecule has 1 aliphatic rings. The van der Waals surface area contributed by atoms with E-state index in [1.54, 1.807) is 11.9 Å². The smallest absolute Gasteiger partial charge is 0.242 e. The average Bonchev–Trinajstić information content (AvgIpc) is 3.03. The molecule has 1 fully saturated rings. The number of hydrogen-bond acceptors (Lipinski definition) is 3. The van der Waals surface area contributed by atoms with Gasteiger partial charge < -0.3 is 9.32 Å². The van der Waals surface area contributed by atoms with Gasteiger partial charge >= 0.3 is 0 Å². The fourth-order valence-corrected chi connectivity index (χ4v) is 1.86. The third-order valence-electron chi connectivity index (χ3n) is 3.21. The number of nitriles is 1. The number of furan rings is 1. The third kappa shape index (κ3) is 2.33. The van der Waals surface area contributed by atoms with E-state index >= 15 is 0 Å². The maximum absolute atomic E-state index is 12.0. The minimum Gasteiger partial charge on any atom is -0.466 e. The van der Waals surface area contributed by atoms with Crippen molar-refractivity contribution in [1.29, 1.82) is 5.26 Å². The van der Waals surface area contributed by atoms with Crippen LogP contribution in [-0.4, -0.2) is 24.4 Å². The molecular weight excluding hydrogens is 216 g/mol. The van der Waals surface area contributed by atoms with Crippen molar-refractivity contribution in [2.24, 2.45) is 5.41 Å². The summed E-state index contributed by atoms with van der Waals surface area (Å²) in [6.07, 6.45) is 2.09. The van der Waals surface area contributed by atoms with E-state index in [0.717, 1.165) is 11.5 Å². The van der Waals surface area contributed by atoms with E-state index in [1.807, 2.05) is 19.1 Å². The number of carbonyl (C=O) groups is 1. The molecule has 1 saturated carbocycles. The molecular formula is C13H16N2O2. The van der Waals surface area contributed by atoms with Crippen molar-refractivity contribution in [3.05, 3.63) is 23.7 Å². The molecule has 1 aliphatic carbocycles. The lowest BCUT2D eigenvalue weighted by Crippen LogP contribution is -2.34. The maximum atomic E-state index is 12.0. The summed E-state index contributed by atoms with van der Waals surface area (Å²) >= 11 is 0. The molecule has 90 valence electrons. The van der Waals surface area contributed by atoms with Crippen LogP contribution in [0.1, 0.15) is 24.4 Å². The second-order valence-electron chi connectivity index (χ2n) is 4.68. The molecule has 4 heteroatoms. The van der Waals surface area contributed by atoms with Gasteiger partial charge in [0.2, 0.25) is 5.91 Å². The molecule has 1 aromatic heterocycles. The largest absolute Gasteiger partial charge is 0.466 e. The Morgan fingerprint density at radius 1 is 1.59 bits per heavy atom. The minimum atomic E-state index is -0.714. The van der Waals surface area contributed by atoms with E-state index in [1.165, 1.54) is 0 Å². The van der Waals surface area contributed by atoms with E-state index in [4.69, 9.17) is 9.68 Å². The zero-order chi connectivity index (χ0) is 12.5. The molecule has 0 radical (unpaired) electrons. The summed E-state index contributed by atoms with van der Waals surface area (Å²) in [6.45, 7) is 2.49. The highest BCUT2D eigenvalue weighted by molar-refractivity contribution is 5.88. The summed E-state index contributed by atoms with van der Waals surface area (Å²) in [6, 6.07) is 5.95. The van der Waals surface area contributed by atoms with Gasteiger partial charge in [0.1, 0.15) is 16.9 Å². The Morgan fingerprint density at radius 3 is 2.76 bits per heavy atom. The van der Waals surface area contributed by atoms with Crippen LogP contribution in [-0.2, 0) is 11.2 Å². The van der Waals surface area contributed by atoms with Crippen molar-refractivity contribution in [2.45, 2.75) is 26.2 Å². The normalized spacial score (nSPS) is 16.3. The molecule has 1 aromatic rings. The first-order valence-corrected chi connectivity index (χ1v) is 5.79. The Labute approximate surface area is 101 Å². The second-order valence-corrected chi connectivity index (χ2v) is 4.68. The average molecular weight is 232 g/mol. The van der Waals surface area contributed by atoms with E-state index in [-0.39, 0.29) is 5.91 Å². The summed E-state index contributed by atoms with van der Waals surface area (Å²) < 4.78 is 5.44. The van der Waals surface area contributed by atoms with Crippen LogP contribution in [0.3, 0.4) is 0 Å². The van der Waals surface area contributed by atoms with Crippen molar-refractivity contribution < 1.29 is 9.21 Å². The topological polar surface area (TPSA) is 57.2 Å². The second kappa shape index (κ2) is 4.25. The van der Waals surface area contributed by atoms with Gasteiger partial charge in [0.05, 0.1) is 6.07 Å². The van der Waals surface area contributed by atoms with Gasteiger partial charge in [-0.15, -0.1) is 0 Å². The standard InChI is InChI=1S/C13H16N2O2/c1-10-3-4-11(17-10)5-8-15(2)12(16)13(9-14)6-7-13/h3-4H,5-8H2,1-2H3. The first-order chi connectivity index (χ1) is 8.07. The van der Waals surface area contributed by atoms with E-state index in [9.17, 15) is 4.79 Å². The Balaban J connectivity index is 1.88. The summed E-state index contributed by atoms with van der Waals surface area (Å²) in [5, 5.41) is 8.95. The molecule has 0 saturated heterocycles. The summed E-state index contributed by atoms with van der Waals surface area (Å²) in [4.78, 5) is 13.6. The van der Waals surface area contributed by atoms with Crippen molar-refractivity contribution in [3.8, 4) is 6.07 Å². The fraction of sp³-hybridized carbons (Fsp3) is 0.538. The van der Waals surface area contributed by atoms with E-state index < -0.39 is 5.41 Å². The summed E-state index contributed by atoms with van der Waals surface area (Å²) in [5.74, 6) is 1.71. The first-order valence-electron chi connectivity index (χ1n) is 5.79. The van der Waals surface area contributed by atoms with Crippen LogP contribution in [0.15, 0.2) is 16.5 Å². The van der Waals surface area contributed by atoms with Crippen molar-refractivity contribution in [3.63, 3.8) is 0 Å². The Kier molecular flexibility index (Phi) is 2.93. The highest BCUT2D eigenvalue weighted by Crippen LogP contribution is 2.46. The quantitative estimate of drug-likeness (QED) is 0.796. The molecule has 17 heavy (non-hydrogen) atoms. The van der Waals surface area contributed by atoms with Gasteiger partial charge in [-0.25, -0.2) is 0 Å². The lowest BCUT2D eigenvalue weighted by Gasteiger charge is -2.18. The molecule has 0 unspecified atom stereocenters. The maximum Gasteiger partial charge on any atom is 0.242 e. The predicted molar refractivity (Wildman–Crippen MR) is 62.1 cm³/mol. The third-order valence-corrected chi connectivity index (χ3v) is 3.21. The molecule has 0 N–H and O–H groups in total. The van der Waals surface area contributed by atoms with Gasteiger partial charge in [0, 0.05) is 20.0 Å². The molecule has 2 rings (SSSR count). The van der Waals surface area contributed by atoms with Crippen LogP contribution in [0.2, 0.25) is 0 Å². The molecule has 4 nitrogen and oxygen atoms in total. The van der Waals surface area contributed by atoms with E-state index in [0.29, 0.717) is 25.8 Å². The number of hydrogen-bond donors (Lipinski definition) is 0. The van der Waals surface area contributed by atoms with Crippen LogP contribution in [0.5, 0.6) is 0 Å². The highest BCUT2D eigenvalue weighted by Gasteiger charge is 2.51. The number of amides is 1. The number of rotatable bonds is 4. The molecule has 0 aliphatic heterocycles. The Morgan fingerprint density at radius 2 is 2.29 bits per heavy atom. The Bertz CT molecular complexity index is 466. The number of aryl methyl sites for hydroxylation is 1. The van der Waals surface area contributed by atoms with Crippen LogP contribution >= 0.6 is 0 Å². The predicted octanol–water partition coefficient (Wildman–Crippen LogP) is 1.89. The van der Waals surface area contributed by atoms with E-state index in [2.05, 4.69) is 6.07 Å². The molecule has 1 amide bonds. The van der Waals surface area contributed by atoms with Crippen LogP contribution < -0.4 is 0 Å². The molecule has 1 heterocycles. The molecule has 0 spiro atoms. The zero-order valence-corrected chi connectivity index (χ0v) is 10.2. The van der Waals surface area contributed by atoms with Gasteiger partial charge in [-0.3, -0.25) is 4.79 Å². The van der Waals surface area contributed by atoms with Gasteiger partial charge in [0.15, 0.2) is 0 Å². The summed E-state index contributed by atoms with van der Waals surface area (Å²) in [7, 11) is 1.75. The van der Waals surface area contributed by atoms with Crippen molar-refractivity contribution in [1.82, 2.24) is 4.90 Å². The lowest BCUT2D eigenvalue weighted by atomic mass is 10.1. The van der Waals surface area contributed by atoms with Gasteiger partial charge in [-0.1, -0.05) is 0 Å². The van der Waals surface area contributed by atoms with Gasteiger partial charge in [-0.2, -0.15) is 5.26 Å². The Hall–Kier alpha value is -1.76. The monoisotopic (exact) mass is 232 g/mol. The van der Waals surface area contributed by atoms with Crippen LogP contribution in [0, 0.1) is 23.7 Å².